The maximum absolute atomic E-state index is 13.5. The lowest BCUT2D eigenvalue weighted by Crippen LogP contribution is -2.42. The Morgan fingerprint density at radius 1 is 1.08 bits per heavy atom. The SMILES string of the molecule is CCOc1ccc(S(=O)(=O)N(CC(=O)NNc2c([O-])[nH]c3ccc([N+](=O)[O-])cc23)c2ccccc2)cc1. The first-order valence-electron chi connectivity index (χ1n) is 11.0. The first-order valence-corrected chi connectivity index (χ1v) is 12.5. The van der Waals surface area contributed by atoms with Crippen LogP contribution in [0, 0.1) is 10.1 Å². The van der Waals surface area contributed by atoms with Crippen LogP contribution in [0.15, 0.2) is 77.7 Å². The highest BCUT2D eigenvalue weighted by atomic mass is 32.2. The molecule has 0 spiro atoms. The molecule has 0 aliphatic rings. The van der Waals surface area contributed by atoms with Gasteiger partial charge in [-0.3, -0.25) is 30.1 Å². The number of sulfonamides is 1. The number of H-pyrrole nitrogens is 1. The summed E-state index contributed by atoms with van der Waals surface area (Å²) in [5.41, 5.74) is 5.00. The second-order valence-electron chi connectivity index (χ2n) is 7.74. The Kier molecular flexibility index (Phi) is 7.15. The van der Waals surface area contributed by atoms with Crippen LogP contribution in [0.3, 0.4) is 0 Å². The minimum absolute atomic E-state index is 0.0497. The zero-order chi connectivity index (χ0) is 26.6. The maximum Gasteiger partial charge on any atom is 0.270 e. The molecule has 0 radical (unpaired) electrons. The standard InChI is InChI=1S/C24H23N5O7S/c1-2-36-18-9-11-19(12-10-18)37(34,35)28(16-6-4-3-5-7-16)15-22(30)26-27-23-20-14-17(29(32)33)8-13-21(20)25-24(23)31/h3-14,25,27,31H,2,15H2,1H3,(H,26,30)/p-1. The van der Waals surface area contributed by atoms with Gasteiger partial charge in [-0.15, -0.1) is 0 Å². The van der Waals surface area contributed by atoms with Gasteiger partial charge >= 0.3 is 0 Å². The summed E-state index contributed by atoms with van der Waals surface area (Å²) in [6, 6.07) is 17.7. The van der Waals surface area contributed by atoms with Crippen LogP contribution in [-0.2, 0) is 14.8 Å². The summed E-state index contributed by atoms with van der Waals surface area (Å²) >= 11 is 0. The number of aromatic nitrogens is 1. The molecular formula is C24H22N5O7S-. The van der Waals surface area contributed by atoms with E-state index >= 15 is 0 Å². The average Bonchev–Trinajstić information content (AvgIpc) is 3.21. The molecule has 12 nitrogen and oxygen atoms in total. The molecule has 0 atom stereocenters. The third-order valence-electron chi connectivity index (χ3n) is 5.34. The number of rotatable bonds is 10. The number of hydrazine groups is 1. The number of fused-ring (bicyclic) bond motifs is 1. The van der Waals surface area contributed by atoms with E-state index in [-0.39, 0.29) is 27.3 Å². The molecular weight excluding hydrogens is 502 g/mol. The van der Waals surface area contributed by atoms with Crippen molar-refractivity contribution >= 4 is 43.9 Å². The van der Waals surface area contributed by atoms with E-state index in [1.807, 2.05) is 6.92 Å². The number of nitrogens with zero attached hydrogens (tertiary/aromatic N) is 2. The van der Waals surface area contributed by atoms with Gasteiger partial charge in [-0.05, 0) is 55.3 Å². The number of carbonyl (C=O) groups excluding carboxylic acids is 1. The molecule has 1 aromatic heterocycles. The minimum atomic E-state index is -4.16. The normalized spacial score (nSPS) is 11.2. The summed E-state index contributed by atoms with van der Waals surface area (Å²) in [6.45, 7) is 1.61. The van der Waals surface area contributed by atoms with Crippen LogP contribution in [0.5, 0.6) is 11.6 Å². The quantitative estimate of drug-likeness (QED) is 0.210. The molecule has 0 saturated heterocycles. The van der Waals surface area contributed by atoms with Crippen molar-refractivity contribution < 1.29 is 28.0 Å². The van der Waals surface area contributed by atoms with Gasteiger partial charge < -0.3 is 14.8 Å². The second kappa shape index (κ2) is 10.5. The summed E-state index contributed by atoms with van der Waals surface area (Å²) < 4.78 is 33.2. The zero-order valence-electron chi connectivity index (χ0n) is 19.5. The summed E-state index contributed by atoms with van der Waals surface area (Å²) in [7, 11) is -4.16. The third kappa shape index (κ3) is 5.41. The smallest absolute Gasteiger partial charge is 0.270 e. The third-order valence-corrected chi connectivity index (χ3v) is 7.13. The number of non-ortho nitro benzene ring substituents is 1. The Morgan fingerprint density at radius 3 is 2.43 bits per heavy atom. The van der Waals surface area contributed by atoms with Gasteiger partial charge in [-0.1, -0.05) is 18.2 Å². The van der Waals surface area contributed by atoms with Crippen LogP contribution in [0.2, 0.25) is 0 Å². The lowest BCUT2D eigenvalue weighted by Gasteiger charge is -2.24. The first-order chi connectivity index (χ1) is 17.7. The maximum atomic E-state index is 13.5. The predicted octanol–water partition coefficient (Wildman–Crippen LogP) is 2.89. The highest BCUT2D eigenvalue weighted by molar-refractivity contribution is 7.92. The average molecular weight is 525 g/mol. The molecule has 4 aromatic rings. The van der Waals surface area contributed by atoms with Crippen molar-refractivity contribution in [2.45, 2.75) is 11.8 Å². The van der Waals surface area contributed by atoms with Crippen molar-refractivity contribution in [2.75, 3.05) is 22.9 Å². The number of carbonyl (C=O) groups is 1. The number of ether oxygens (including phenoxy) is 1. The fourth-order valence-electron chi connectivity index (χ4n) is 3.61. The van der Waals surface area contributed by atoms with E-state index in [0.29, 0.717) is 17.9 Å². The molecule has 0 saturated carbocycles. The largest absolute Gasteiger partial charge is 0.859 e. The Hall–Kier alpha value is -4.78. The van der Waals surface area contributed by atoms with Crippen LogP contribution in [0.4, 0.5) is 17.1 Å². The predicted molar refractivity (Wildman–Crippen MR) is 135 cm³/mol. The molecule has 37 heavy (non-hydrogen) atoms. The number of anilines is 2. The molecule has 0 aliphatic carbocycles. The van der Waals surface area contributed by atoms with E-state index < -0.39 is 33.3 Å². The monoisotopic (exact) mass is 524 g/mol. The Bertz CT molecular complexity index is 1540. The molecule has 13 heteroatoms. The lowest BCUT2D eigenvalue weighted by atomic mass is 10.2. The lowest BCUT2D eigenvalue weighted by molar-refractivity contribution is -0.384. The molecule has 3 aromatic carbocycles. The number of nitrogens with one attached hydrogen (secondary N) is 3. The Morgan fingerprint density at radius 2 is 1.78 bits per heavy atom. The number of hydrogen-bond donors (Lipinski definition) is 3. The number of nitro groups is 1. The number of benzene rings is 3. The van der Waals surface area contributed by atoms with Gasteiger partial charge in [0.1, 0.15) is 12.3 Å². The van der Waals surface area contributed by atoms with E-state index in [1.54, 1.807) is 30.3 Å². The Balaban J connectivity index is 1.58. The van der Waals surface area contributed by atoms with Crippen molar-refractivity contribution in [3.8, 4) is 11.6 Å². The number of para-hydroxylation sites is 1. The van der Waals surface area contributed by atoms with Gasteiger partial charge in [0.25, 0.3) is 21.6 Å². The summed E-state index contributed by atoms with van der Waals surface area (Å²) in [5.74, 6) is -0.891. The van der Waals surface area contributed by atoms with E-state index in [4.69, 9.17) is 4.74 Å². The van der Waals surface area contributed by atoms with E-state index in [9.17, 15) is 28.4 Å². The van der Waals surface area contributed by atoms with Gasteiger partial charge in [0.15, 0.2) is 0 Å². The minimum Gasteiger partial charge on any atom is -0.859 e. The molecule has 4 rings (SSSR count). The van der Waals surface area contributed by atoms with Gasteiger partial charge in [0.2, 0.25) is 0 Å². The van der Waals surface area contributed by atoms with Crippen LogP contribution in [0.1, 0.15) is 6.92 Å². The Labute approximate surface area is 211 Å². The van der Waals surface area contributed by atoms with Crippen LogP contribution < -0.4 is 25.0 Å². The topological polar surface area (TPSA) is 170 Å². The molecule has 0 aliphatic heterocycles. The van der Waals surface area contributed by atoms with Crippen LogP contribution in [-0.4, -0.2) is 37.4 Å². The fourth-order valence-corrected chi connectivity index (χ4v) is 5.03. The van der Waals surface area contributed by atoms with Crippen LogP contribution >= 0.6 is 0 Å². The number of nitro benzene ring substituents is 1. The molecule has 1 heterocycles. The molecule has 3 N–H and O–H groups in total. The molecule has 0 bridgehead atoms. The van der Waals surface area contributed by atoms with Crippen LogP contribution in [0.25, 0.3) is 10.9 Å². The molecule has 0 fully saturated rings. The number of amides is 1. The molecule has 0 unspecified atom stereocenters. The zero-order valence-corrected chi connectivity index (χ0v) is 20.3. The van der Waals surface area contributed by atoms with E-state index in [1.165, 1.54) is 42.5 Å². The van der Waals surface area contributed by atoms with Gasteiger partial charge in [-0.2, -0.15) is 0 Å². The first kappa shape index (κ1) is 25.3. The number of hydrogen-bond acceptors (Lipinski definition) is 8. The van der Waals surface area contributed by atoms with Gasteiger partial charge in [0.05, 0.1) is 27.8 Å². The number of aromatic amines is 1. The van der Waals surface area contributed by atoms with Gasteiger partial charge in [-0.25, -0.2) is 8.42 Å². The summed E-state index contributed by atoms with van der Waals surface area (Å²) in [4.78, 5) is 25.8. The highest BCUT2D eigenvalue weighted by Crippen LogP contribution is 2.33. The van der Waals surface area contributed by atoms with Crippen molar-refractivity contribution in [2.24, 2.45) is 0 Å². The summed E-state index contributed by atoms with van der Waals surface area (Å²) in [5, 5.41) is 23.6. The van der Waals surface area contributed by atoms with Crippen molar-refractivity contribution in [3.05, 3.63) is 82.9 Å². The van der Waals surface area contributed by atoms with E-state index in [0.717, 1.165) is 4.31 Å². The van der Waals surface area contributed by atoms with Gasteiger partial charge in [0, 0.05) is 23.0 Å². The van der Waals surface area contributed by atoms with Crippen molar-refractivity contribution in [3.63, 3.8) is 0 Å². The van der Waals surface area contributed by atoms with Crippen molar-refractivity contribution in [1.82, 2.24) is 10.4 Å². The molecule has 192 valence electrons. The summed E-state index contributed by atoms with van der Waals surface area (Å²) in [6.07, 6.45) is 0. The second-order valence-corrected chi connectivity index (χ2v) is 9.60. The van der Waals surface area contributed by atoms with Crippen molar-refractivity contribution in [1.29, 1.82) is 0 Å². The van der Waals surface area contributed by atoms with E-state index in [2.05, 4.69) is 15.8 Å². The molecule has 1 amide bonds. The fraction of sp³-hybridized carbons (Fsp3) is 0.125. The highest BCUT2D eigenvalue weighted by Gasteiger charge is 2.27.